The molecule has 3 aliphatic rings. The molecule has 2 aromatic heterocycles. The van der Waals surface area contributed by atoms with Gasteiger partial charge in [0.2, 0.25) is 0 Å². The summed E-state index contributed by atoms with van der Waals surface area (Å²) in [5, 5.41) is 3.22. The van der Waals surface area contributed by atoms with Crippen LogP contribution < -0.4 is 10.9 Å². The number of nitrogens with one attached hydrogen (secondary N) is 1. The summed E-state index contributed by atoms with van der Waals surface area (Å²) in [6, 6.07) is 8.55. The van der Waals surface area contributed by atoms with Crippen LogP contribution in [0.5, 0.6) is 0 Å². The second kappa shape index (κ2) is 9.13. The predicted molar refractivity (Wildman–Crippen MR) is 124 cm³/mol. The number of nitrogens with zero attached hydrogens (tertiary/aromatic N) is 4. The zero-order valence-corrected chi connectivity index (χ0v) is 18.7. The maximum Gasteiger partial charge on any atom is 0.255 e. The first-order valence-electron chi connectivity index (χ1n) is 12.0. The number of fused-ring (bicyclic) bond motifs is 4. The van der Waals surface area contributed by atoms with Crippen molar-refractivity contribution in [2.75, 3.05) is 38.5 Å². The Morgan fingerprint density at radius 2 is 1.77 bits per heavy atom. The summed E-state index contributed by atoms with van der Waals surface area (Å²) in [6.45, 7) is 6.91. The lowest BCUT2D eigenvalue weighted by atomic mass is 9.82. The standard InChI is InChI=1S/C25H35N5O/c1-26-24-20(7-6-10-27-24)16-29-14-19-13-22(18-29)23-9-8-21(25(31)30(23)15-19)17-28-11-4-2-3-5-12-28/h6-10,19,22H,2-5,11-18H2,1H3,(H,26,27)/t19-,22+/m0/s1. The van der Waals surface area contributed by atoms with Crippen molar-refractivity contribution in [1.82, 2.24) is 19.4 Å². The van der Waals surface area contributed by atoms with Crippen LogP contribution in [0.4, 0.5) is 5.82 Å². The number of rotatable bonds is 5. The van der Waals surface area contributed by atoms with Crippen LogP contribution in [0.3, 0.4) is 0 Å². The third kappa shape index (κ3) is 4.41. The molecule has 6 heteroatoms. The average Bonchev–Trinajstić information content (AvgIpc) is 3.05. The van der Waals surface area contributed by atoms with Gasteiger partial charge in [-0.05, 0) is 50.4 Å². The highest BCUT2D eigenvalue weighted by atomic mass is 16.1. The SMILES string of the molecule is CNc1ncccc1CN1C[C@@H]2C[C@H](C1)c1ccc(CN3CCCCCC3)c(=O)n1C2. The van der Waals surface area contributed by atoms with Gasteiger partial charge in [-0.3, -0.25) is 14.6 Å². The molecule has 0 spiro atoms. The lowest BCUT2D eigenvalue weighted by Crippen LogP contribution is -2.47. The van der Waals surface area contributed by atoms with Crippen molar-refractivity contribution >= 4 is 5.82 Å². The molecule has 0 aromatic carbocycles. The van der Waals surface area contributed by atoms with Crippen LogP contribution in [0.15, 0.2) is 35.3 Å². The molecular weight excluding hydrogens is 386 g/mol. The van der Waals surface area contributed by atoms with E-state index in [1.54, 1.807) is 0 Å². The van der Waals surface area contributed by atoms with Crippen LogP contribution in [0.2, 0.25) is 0 Å². The van der Waals surface area contributed by atoms with Crippen LogP contribution in [0.1, 0.15) is 54.8 Å². The highest BCUT2D eigenvalue weighted by Crippen LogP contribution is 2.36. The van der Waals surface area contributed by atoms with E-state index < -0.39 is 0 Å². The molecule has 31 heavy (non-hydrogen) atoms. The molecule has 0 unspecified atom stereocenters. The molecule has 5 rings (SSSR count). The molecular formula is C25H35N5O. The van der Waals surface area contributed by atoms with Gasteiger partial charge in [-0.25, -0.2) is 4.98 Å². The predicted octanol–water partition coefficient (Wildman–Crippen LogP) is 3.28. The zero-order chi connectivity index (χ0) is 21.2. The van der Waals surface area contributed by atoms with Crippen LogP contribution in [0, 0.1) is 5.92 Å². The molecule has 0 aliphatic carbocycles. The van der Waals surface area contributed by atoms with Gasteiger partial charge in [-0.1, -0.05) is 25.0 Å². The normalized spacial score (nSPS) is 24.4. The smallest absolute Gasteiger partial charge is 0.255 e. The van der Waals surface area contributed by atoms with Gasteiger partial charge in [0.05, 0.1) is 0 Å². The topological polar surface area (TPSA) is 53.4 Å². The number of likely N-dealkylation sites (tertiary alicyclic amines) is 2. The van der Waals surface area contributed by atoms with Gasteiger partial charge in [-0.15, -0.1) is 0 Å². The number of pyridine rings is 2. The van der Waals surface area contributed by atoms with Crippen molar-refractivity contribution < 1.29 is 0 Å². The van der Waals surface area contributed by atoms with Crippen molar-refractivity contribution in [3.05, 3.63) is 57.6 Å². The minimum absolute atomic E-state index is 0.259. The number of aromatic nitrogens is 2. The number of anilines is 1. The first-order chi connectivity index (χ1) is 15.2. The second-order valence-corrected chi connectivity index (χ2v) is 9.64. The zero-order valence-electron chi connectivity index (χ0n) is 18.7. The first kappa shape index (κ1) is 20.7. The molecule has 6 nitrogen and oxygen atoms in total. The van der Waals surface area contributed by atoms with Gasteiger partial charge < -0.3 is 9.88 Å². The molecule has 2 fully saturated rings. The molecule has 2 atom stereocenters. The molecule has 5 heterocycles. The summed E-state index contributed by atoms with van der Waals surface area (Å²) >= 11 is 0. The van der Waals surface area contributed by atoms with E-state index >= 15 is 0 Å². The summed E-state index contributed by atoms with van der Waals surface area (Å²) in [7, 11) is 1.93. The molecule has 2 saturated heterocycles. The minimum atomic E-state index is 0.259. The Labute approximate surface area is 185 Å². The Bertz CT molecular complexity index is 963. The van der Waals surface area contributed by atoms with Crippen molar-refractivity contribution in [3.63, 3.8) is 0 Å². The fourth-order valence-electron chi connectivity index (χ4n) is 5.91. The first-order valence-corrected chi connectivity index (χ1v) is 12.0. The van der Waals surface area contributed by atoms with Crippen molar-refractivity contribution in [3.8, 4) is 0 Å². The summed E-state index contributed by atoms with van der Waals surface area (Å²) in [5.41, 5.74) is 3.73. The second-order valence-electron chi connectivity index (χ2n) is 9.64. The molecule has 3 aliphatic heterocycles. The van der Waals surface area contributed by atoms with Crippen LogP contribution in [0.25, 0.3) is 0 Å². The maximum atomic E-state index is 13.4. The fraction of sp³-hybridized carbons (Fsp3) is 0.600. The summed E-state index contributed by atoms with van der Waals surface area (Å²) in [4.78, 5) is 22.9. The Morgan fingerprint density at radius 3 is 2.58 bits per heavy atom. The molecule has 1 N–H and O–H groups in total. The van der Waals surface area contributed by atoms with Gasteiger partial charge >= 0.3 is 0 Å². The minimum Gasteiger partial charge on any atom is -0.373 e. The lowest BCUT2D eigenvalue weighted by molar-refractivity contribution is 0.114. The average molecular weight is 422 g/mol. The highest BCUT2D eigenvalue weighted by molar-refractivity contribution is 5.42. The molecule has 0 saturated carbocycles. The van der Waals surface area contributed by atoms with Crippen molar-refractivity contribution in [2.24, 2.45) is 5.92 Å². The van der Waals surface area contributed by atoms with Crippen molar-refractivity contribution in [2.45, 2.75) is 57.7 Å². The van der Waals surface area contributed by atoms with E-state index in [2.05, 4.69) is 42.9 Å². The maximum absolute atomic E-state index is 13.4. The Morgan fingerprint density at radius 1 is 0.968 bits per heavy atom. The van der Waals surface area contributed by atoms with Crippen LogP contribution >= 0.6 is 0 Å². The van der Waals surface area contributed by atoms with Gasteiger partial charge in [0.25, 0.3) is 5.56 Å². The highest BCUT2D eigenvalue weighted by Gasteiger charge is 2.35. The van der Waals surface area contributed by atoms with E-state index in [1.165, 1.54) is 43.4 Å². The van der Waals surface area contributed by atoms with E-state index in [0.29, 0.717) is 11.8 Å². The van der Waals surface area contributed by atoms with Gasteiger partial charge in [0, 0.05) is 68.7 Å². The molecule has 2 aromatic rings. The molecule has 2 bridgehead atoms. The number of hydrogen-bond acceptors (Lipinski definition) is 5. The van der Waals surface area contributed by atoms with Crippen molar-refractivity contribution in [1.29, 1.82) is 0 Å². The van der Waals surface area contributed by atoms with Gasteiger partial charge in [0.15, 0.2) is 0 Å². The van der Waals surface area contributed by atoms with Crippen LogP contribution in [-0.2, 0) is 19.6 Å². The molecule has 0 radical (unpaired) electrons. The summed E-state index contributed by atoms with van der Waals surface area (Å²) < 4.78 is 2.12. The third-order valence-corrected chi connectivity index (χ3v) is 7.37. The van der Waals surface area contributed by atoms with E-state index in [-0.39, 0.29) is 5.56 Å². The molecule has 166 valence electrons. The Balaban J connectivity index is 1.33. The lowest BCUT2D eigenvalue weighted by Gasteiger charge is -2.43. The van der Waals surface area contributed by atoms with Gasteiger partial charge in [-0.2, -0.15) is 0 Å². The van der Waals surface area contributed by atoms with E-state index in [4.69, 9.17) is 0 Å². The quantitative estimate of drug-likeness (QED) is 0.803. The Hall–Kier alpha value is -2.18. The molecule has 0 amide bonds. The van der Waals surface area contributed by atoms with E-state index in [1.807, 2.05) is 19.3 Å². The van der Waals surface area contributed by atoms with Gasteiger partial charge in [0.1, 0.15) is 5.82 Å². The number of hydrogen-bond donors (Lipinski definition) is 1. The van der Waals surface area contributed by atoms with Crippen LogP contribution in [-0.4, -0.2) is 52.6 Å². The van der Waals surface area contributed by atoms with E-state index in [9.17, 15) is 4.79 Å². The largest absolute Gasteiger partial charge is 0.373 e. The number of piperidine rings is 1. The monoisotopic (exact) mass is 421 g/mol. The summed E-state index contributed by atoms with van der Waals surface area (Å²) in [5.74, 6) is 1.96. The fourth-order valence-corrected chi connectivity index (χ4v) is 5.91. The Kier molecular flexibility index (Phi) is 6.10. The van der Waals surface area contributed by atoms with E-state index in [0.717, 1.165) is 57.2 Å². The summed E-state index contributed by atoms with van der Waals surface area (Å²) in [6.07, 6.45) is 8.22. The third-order valence-electron chi connectivity index (χ3n) is 7.37.